The Kier molecular flexibility index (Phi) is 20.1. The first-order valence-electron chi connectivity index (χ1n) is 16.2. The summed E-state index contributed by atoms with van der Waals surface area (Å²) in [5.41, 5.74) is 2.52. The van der Waals surface area contributed by atoms with Gasteiger partial charge in [0.15, 0.2) is 17.9 Å². The zero-order valence-electron chi connectivity index (χ0n) is 28.4. The Bertz CT molecular complexity index is 1200. The maximum Gasteiger partial charge on any atom is 0.171 e. The number of aliphatic hydroxyl groups is 1. The number of pyridine rings is 1. The van der Waals surface area contributed by atoms with E-state index in [0.29, 0.717) is 30.3 Å². The summed E-state index contributed by atoms with van der Waals surface area (Å²) in [7, 11) is 1.82. The largest absolute Gasteiger partial charge is 0.508 e. The number of nitrogens with zero attached hydrogens (tertiary/aromatic N) is 4. The van der Waals surface area contributed by atoms with Crippen molar-refractivity contribution < 1.29 is 23.8 Å². The smallest absolute Gasteiger partial charge is 0.171 e. The van der Waals surface area contributed by atoms with Crippen LogP contribution in [0.2, 0.25) is 0 Å². The van der Waals surface area contributed by atoms with E-state index < -0.39 is 12.0 Å². The van der Waals surface area contributed by atoms with E-state index in [2.05, 4.69) is 38.2 Å². The van der Waals surface area contributed by atoms with Crippen molar-refractivity contribution in [2.45, 2.75) is 59.2 Å². The summed E-state index contributed by atoms with van der Waals surface area (Å²) in [6.45, 7) is 21.7. The number of carbonyl (C=O) groups excluding carboxylic acids is 1. The first kappa shape index (κ1) is 40.4. The van der Waals surface area contributed by atoms with Gasteiger partial charge in [-0.1, -0.05) is 57.7 Å². The summed E-state index contributed by atoms with van der Waals surface area (Å²) in [6.07, 6.45) is 13.4. The summed E-state index contributed by atoms with van der Waals surface area (Å²) in [5.74, 6) is 0.0523. The van der Waals surface area contributed by atoms with E-state index in [1.807, 2.05) is 40.0 Å². The number of rotatable bonds is 13. The molecule has 1 aromatic rings. The van der Waals surface area contributed by atoms with Gasteiger partial charge in [0.2, 0.25) is 0 Å². The Morgan fingerprint density at radius 2 is 1.74 bits per heavy atom. The lowest BCUT2D eigenvalue weighted by molar-refractivity contribution is 0.108. The van der Waals surface area contributed by atoms with Crippen LogP contribution in [0.5, 0.6) is 5.75 Å². The van der Waals surface area contributed by atoms with Gasteiger partial charge in [0, 0.05) is 57.1 Å². The first-order valence-corrected chi connectivity index (χ1v) is 16.2. The number of aliphatic hydroxyl groups excluding tert-OH is 1. The first-order chi connectivity index (χ1) is 22.1. The van der Waals surface area contributed by atoms with E-state index >= 15 is 0 Å². The lowest BCUT2D eigenvalue weighted by Crippen LogP contribution is -2.53. The molecule has 1 unspecified atom stereocenters. The molecule has 2 aliphatic heterocycles. The zero-order valence-corrected chi connectivity index (χ0v) is 28.4. The number of alkyl halides is 1. The highest BCUT2D eigenvalue weighted by Crippen LogP contribution is 2.27. The zero-order chi connectivity index (χ0) is 34.5. The Morgan fingerprint density at radius 1 is 1.09 bits per heavy atom. The van der Waals surface area contributed by atoms with Gasteiger partial charge < -0.3 is 20.4 Å². The lowest BCUT2D eigenvalue weighted by Gasteiger charge is -2.43. The average molecular weight is 644 g/mol. The molecule has 3 N–H and O–H groups in total. The molecule has 0 aromatic carbocycles. The van der Waals surface area contributed by atoms with Crippen molar-refractivity contribution in [2.24, 2.45) is 0 Å². The van der Waals surface area contributed by atoms with Crippen LogP contribution in [0.25, 0.3) is 0 Å². The summed E-state index contributed by atoms with van der Waals surface area (Å²) in [5, 5.41) is 22.7. The van der Waals surface area contributed by atoms with Crippen LogP contribution in [0.15, 0.2) is 84.6 Å². The third kappa shape index (κ3) is 14.2. The minimum atomic E-state index is -1.51. The maximum absolute atomic E-state index is 12.7. The van der Waals surface area contributed by atoms with E-state index in [1.165, 1.54) is 31.3 Å². The second-order valence-corrected chi connectivity index (χ2v) is 10.9. The molecule has 2 saturated heterocycles. The van der Waals surface area contributed by atoms with Crippen LogP contribution in [0.4, 0.5) is 14.6 Å². The molecular formula is C36H55F2N5O3. The molecule has 8 nitrogen and oxygen atoms in total. The van der Waals surface area contributed by atoms with Crippen LogP contribution in [0.1, 0.15) is 57.3 Å². The molecule has 3 heterocycles. The van der Waals surface area contributed by atoms with Crippen LogP contribution in [0, 0.1) is 0 Å². The second kappa shape index (κ2) is 22.8. The van der Waals surface area contributed by atoms with Gasteiger partial charge in [0.25, 0.3) is 0 Å². The van der Waals surface area contributed by atoms with Crippen molar-refractivity contribution in [1.82, 2.24) is 20.1 Å². The standard InChI is InChI=1S/C24H32N4O3.C10H17F2N.C2H6/c1-3-19(5-6-22(30)4-2)17-26-9-7-21(8-10-26)27-11-13-28(14-12-27)24-23(31)15-20(18-29)16-25-24;1-4-9(7-13-3)5-6-10(12)8(2)11;1-2/h3-6,15-16,18,21,30-31H,1-2,7-14,17H2;5-6,8,13H,4,7H2,1-3H3;1-2H3/b19-5+,22-6+;9-5+,10-6+;. The normalized spacial score (nSPS) is 18.1. The molecule has 0 saturated carbocycles. The minimum Gasteiger partial charge on any atom is -0.508 e. The Balaban J connectivity index is 0.000000595. The summed E-state index contributed by atoms with van der Waals surface area (Å²) >= 11 is 0. The summed E-state index contributed by atoms with van der Waals surface area (Å²) < 4.78 is 25.0. The molecule has 1 aromatic heterocycles. The maximum atomic E-state index is 12.7. The number of hydrogen-bond donors (Lipinski definition) is 3. The van der Waals surface area contributed by atoms with Gasteiger partial charge in [-0.3, -0.25) is 14.6 Å². The summed E-state index contributed by atoms with van der Waals surface area (Å²) in [6, 6.07) is 2.04. The monoisotopic (exact) mass is 643 g/mol. The van der Waals surface area contributed by atoms with E-state index in [-0.39, 0.29) is 11.5 Å². The van der Waals surface area contributed by atoms with Crippen molar-refractivity contribution in [1.29, 1.82) is 0 Å². The van der Waals surface area contributed by atoms with Crippen LogP contribution in [-0.4, -0.2) is 103 Å². The van der Waals surface area contributed by atoms with Gasteiger partial charge in [-0.25, -0.2) is 13.8 Å². The molecule has 0 radical (unpaired) electrons. The van der Waals surface area contributed by atoms with Gasteiger partial charge in [0.1, 0.15) is 17.8 Å². The summed E-state index contributed by atoms with van der Waals surface area (Å²) in [4.78, 5) is 22.2. The van der Waals surface area contributed by atoms with Gasteiger partial charge in [-0.2, -0.15) is 0 Å². The van der Waals surface area contributed by atoms with Gasteiger partial charge in [-0.15, -0.1) is 0 Å². The predicted octanol–water partition coefficient (Wildman–Crippen LogP) is 6.71. The Morgan fingerprint density at radius 3 is 2.24 bits per heavy atom. The molecule has 2 fully saturated rings. The number of carbonyl (C=O) groups is 1. The van der Waals surface area contributed by atoms with Crippen LogP contribution < -0.4 is 10.2 Å². The van der Waals surface area contributed by atoms with Gasteiger partial charge in [0.05, 0.1) is 0 Å². The number of allylic oxidation sites excluding steroid dienone is 6. The van der Waals surface area contributed by atoms with Gasteiger partial charge in [-0.05, 0) is 76.2 Å². The number of aromatic hydroxyl groups is 1. The van der Waals surface area contributed by atoms with E-state index in [9.17, 15) is 23.8 Å². The third-order valence-electron chi connectivity index (χ3n) is 7.75. The fourth-order valence-electron chi connectivity index (χ4n) is 5.07. The molecule has 2 aliphatic rings. The van der Waals surface area contributed by atoms with Crippen molar-refractivity contribution >= 4 is 12.1 Å². The molecular weight excluding hydrogens is 588 g/mol. The second-order valence-electron chi connectivity index (χ2n) is 10.9. The number of piperazine rings is 1. The quantitative estimate of drug-likeness (QED) is 0.124. The van der Waals surface area contributed by atoms with Gasteiger partial charge >= 0.3 is 0 Å². The number of hydrogen-bond acceptors (Lipinski definition) is 8. The number of nitrogens with one attached hydrogen (secondary N) is 1. The van der Waals surface area contributed by atoms with E-state index in [0.717, 1.165) is 76.2 Å². The van der Waals surface area contributed by atoms with Crippen molar-refractivity contribution in [2.75, 3.05) is 64.3 Å². The lowest BCUT2D eigenvalue weighted by atomic mass is 10.0. The van der Waals surface area contributed by atoms with Crippen LogP contribution in [0.3, 0.4) is 0 Å². The molecule has 46 heavy (non-hydrogen) atoms. The molecule has 10 heteroatoms. The number of likely N-dealkylation sites (N-methyl/N-ethyl adjacent to an activating group) is 1. The Labute approximate surface area is 275 Å². The molecule has 0 bridgehead atoms. The number of anilines is 1. The van der Waals surface area contributed by atoms with Crippen molar-refractivity contribution in [3.8, 4) is 5.75 Å². The molecule has 0 amide bonds. The molecule has 256 valence electrons. The number of likely N-dealkylation sites (tertiary alicyclic amines) is 1. The Hall–Kier alpha value is -3.60. The number of piperidine rings is 1. The molecule has 3 rings (SSSR count). The average Bonchev–Trinajstić information content (AvgIpc) is 3.09. The molecule has 1 atom stereocenters. The van der Waals surface area contributed by atoms with E-state index in [4.69, 9.17) is 0 Å². The number of aromatic nitrogens is 1. The molecule has 0 spiro atoms. The predicted molar refractivity (Wildman–Crippen MR) is 187 cm³/mol. The topological polar surface area (TPSA) is 92.2 Å². The van der Waals surface area contributed by atoms with E-state index in [1.54, 1.807) is 12.2 Å². The van der Waals surface area contributed by atoms with Crippen molar-refractivity contribution in [3.63, 3.8) is 0 Å². The highest BCUT2D eigenvalue weighted by molar-refractivity contribution is 5.76. The fourth-order valence-corrected chi connectivity index (χ4v) is 5.07. The number of halogens is 2. The highest BCUT2D eigenvalue weighted by Gasteiger charge is 2.28. The minimum absolute atomic E-state index is 0.0636. The number of aldehydes is 1. The molecule has 0 aliphatic carbocycles. The third-order valence-corrected chi connectivity index (χ3v) is 7.75. The SMILES string of the molecule is C=C/C(O)=C\C=C(/C=C)CN1CCC(N2CCN(c3ncc(C=O)cc3O)CC2)CC1.CC.CC/C(=C\C=C(\F)C(C)F)CNC. The van der Waals surface area contributed by atoms with Crippen LogP contribution in [-0.2, 0) is 0 Å². The van der Waals surface area contributed by atoms with Crippen LogP contribution >= 0.6 is 0 Å². The van der Waals surface area contributed by atoms with Crippen molar-refractivity contribution in [3.05, 3.63) is 90.2 Å². The highest BCUT2D eigenvalue weighted by atomic mass is 19.2. The fraction of sp³-hybridized carbons (Fsp3) is 0.500.